The van der Waals surface area contributed by atoms with Gasteiger partial charge >= 0.3 is 0 Å². The standard InChI is InChI=1S/C15H24O3S/c1-3-9-19(17,18)10-8-14(12-16)11-15-7-5-4-6-13(15)2/h4-7,14,16H,3,8-12H2,1-2H3. The van der Waals surface area contributed by atoms with Crippen molar-refractivity contribution >= 4 is 9.84 Å². The van der Waals surface area contributed by atoms with Crippen LogP contribution in [-0.4, -0.2) is 31.6 Å². The van der Waals surface area contributed by atoms with Crippen LogP contribution in [0.2, 0.25) is 0 Å². The Labute approximate surface area is 116 Å². The van der Waals surface area contributed by atoms with E-state index in [0.29, 0.717) is 12.8 Å². The van der Waals surface area contributed by atoms with E-state index < -0.39 is 9.84 Å². The predicted molar refractivity (Wildman–Crippen MR) is 79.0 cm³/mol. The maximum absolute atomic E-state index is 11.7. The summed E-state index contributed by atoms with van der Waals surface area (Å²) >= 11 is 0. The largest absolute Gasteiger partial charge is 0.396 e. The minimum absolute atomic E-state index is 0.0210. The van der Waals surface area contributed by atoms with Crippen LogP contribution in [0, 0.1) is 12.8 Å². The minimum Gasteiger partial charge on any atom is -0.396 e. The van der Waals surface area contributed by atoms with E-state index in [0.717, 1.165) is 6.42 Å². The second-order valence-electron chi connectivity index (χ2n) is 5.12. The van der Waals surface area contributed by atoms with Crippen LogP contribution in [0.1, 0.15) is 30.9 Å². The van der Waals surface area contributed by atoms with Crippen LogP contribution in [0.15, 0.2) is 24.3 Å². The summed E-state index contributed by atoms with van der Waals surface area (Å²) < 4.78 is 23.4. The van der Waals surface area contributed by atoms with Crippen LogP contribution in [0.3, 0.4) is 0 Å². The molecule has 1 rings (SSSR count). The SMILES string of the molecule is CCCS(=O)(=O)CCC(CO)Cc1ccccc1C. The van der Waals surface area contributed by atoms with Crippen molar-refractivity contribution in [2.75, 3.05) is 18.1 Å². The van der Waals surface area contributed by atoms with Gasteiger partial charge in [0.1, 0.15) is 9.84 Å². The lowest BCUT2D eigenvalue weighted by Crippen LogP contribution is -2.18. The quantitative estimate of drug-likeness (QED) is 0.797. The topological polar surface area (TPSA) is 54.4 Å². The molecule has 108 valence electrons. The molecule has 0 bridgehead atoms. The Balaban J connectivity index is 2.58. The average molecular weight is 284 g/mol. The number of hydrogen-bond acceptors (Lipinski definition) is 3. The van der Waals surface area contributed by atoms with Gasteiger partial charge in [-0.15, -0.1) is 0 Å². The second kappa shape index (κ2) is 7.65. The van der Waals surface area contributed by atoms with Crippen LogP contribution >= 0.6 is 0 Å². The van der Waals surface area contributed by atoms with Gasteiger partial charge in [0.15, 0.2) is 0 Å². The summed E-state index contributed by atoms with van der Waals surface area (Å²) in [5, 5.41) is 9.41. The van der Waals surface area contributed by atoms with E-state index in [1.807, 2.05) is 38.1 Å². The van der Waals surface area contributed by atoms with Gasteiger partial charge in [-0.05, 0) is 43.2 Å². The van der Waals surface area contributed by atoms with Gasteiger partial charge in [0.05, 0.1) is 5.75 Å². The van der Waals surface area contributed by atoms with Gasteiger partial charge in [-0.3, -0.25) is 0 Å². The molecule has 0 aliphatic rings. The van der Waals surface area contributed by atoms with E-state index in [9.17, 15) is 13.5 Å². The van der Waals surface area contributed by atoms with Crippen molar-refractivity contribution in [3.05, 3.63) is 35.4 Å². The lowest BCUT2D eigenvalue weighted by atomic mass is 9.95. The lowest BCUT2D eigenvalue weighted by Gasteiger charge is -2.15. The summed E-state index contributed by atoms with van der Waals surface area (Å²) in [6, 6.07) is 8.04. The first-order valence-corrected chi connectivity index (χ1v) is 8.66. The van der Waals surface area contributed by atoms with Crippen LogP contribution < -0.4 is 0 Å². The zero-order valence-electron chi connectivity index (χ0n) is 11.8. The number of hydrogen-bond donors (Lipinski definition) is 1. The third-order valence-corrected chi connectivity index (χ3v) is 5.27. The fourth-order valence-corrected chi connectivity index (χ4v) is 3.69. The Hall–Kier alpha value is -0.870. The first-order chi connectivity index (χ1) is 8.98. The number of aliphatic hydroxyl groups excluding tert-OH is 1. The van der Waals surface area contributed by atoms with Crippen LogP contribution in [0.5, 0.6) is 0 Å². The van der Waals surface area contributed by atoms with Crippen molar-refractivity contribution in [3.8, 4) is 0 Å². The fourth-order valence-electron chi connectivity index (χ4n) is 2.17. The van der Waals surface area contributed by atoms with E-state index in [1.54, 1.807) is 0 Å². The van der Waals surface area contributed by atoms with Crippen molar-refractivity contribution in [1.29, 1.82) is 0 Å². The molecule has 0 aliphatic carbocycles. The minimum atomic E-state index is -2.95. The summed E-state index contributed by atoms with van der Waals surface area (Å²) in [6.07, 6.45) is 1.93. The molecule has 1 aromatic rings. The van der Waals surface area contributed by atoms with Gasteiger partial charge in [0.2, 0.25) is 0 Å². The highest BCUT2D eigenvalue weighted by atomic mass is 32.2. The summed E-state index contributed by atoms with van der Waals surface area (Å²) in [5.74, 6) is 0.445. The molecular weight excluding hydrogens is 260 g/mol. The molecule has 1 N–H and O–H groups in total. The maximum atomic E-state index is 11.7. The lowest BCUT2D eigenvalue weighted by molar-refractivity contribution is 0.222. The molecule has 0 spiro atoms. The number of aliphatic hydroxyl groups is 1. The van der Waals surface area contributed by atoms with Crippen molar-refractivity contribution in [3.63, 3.8) is 0 Å². The third-order valence-electron chi connectivity index (χ3n) is 3.38. The van der Waals surface area contributed by atoms with Gasteiger partial charge in [0.25, 0.3) is 0 Å². The molecule has 0 aliphatic heterocycles. The Morgan fingerprint density at radius 1 is 1.21 bits per heavy atom. The number of benzene rings is 1. The van der Waals surface area contributed by atoms with Gasteiger partial charge in [0, 0.05) is 12.4 Å². The normalized spacial score (nSPS) is 13.4. The molecule has 0 amide bonds. The van der Waals surface area contributed by atoms with E-state index in [1.165, 1.54) is 11.1 Å². The fraction of sp³-hybridized carbons (Fsp3) is 0.600. The van der Waals surface area contributed by atoms with Gasteiger partial charge in [-0.2, -0.15) is 0 Å². The summed E-state index contributed by atoms with van der Waals surface area (Å²) in [6.45, 7) is 3.95. The highest BCUT2D eigenvalue weighted by molar-refractivity contribution is 7.91. The number of rotatable bonds is 8. The van der Waals surface area contributed by atoms with E-state index >= 15 is 0 Å². The first-order valence-electron chi connectivity index (χ1n) is 6.84. The van der Waals surface area contributed by atoms with E-state index in [4.69, 9.17) is 0 Å². The molecule has 0 aromatic heterocycles. The Morgan fingerprint density at radius 3 is 2.47 bits per heavy atom. The molecule has 4 heteroatoms. The maximum Gasteiger partial charge on any atom is 0.150 e. The first kappa shape index (κ1) is 16.2. The number of sulfone groups is 1. The van der Waals surface area contributed by atoms with E-state index in [-0.39, 0.29) is 24.0 Å². The Kier molecular flexibility index (Phi) is 6.52. The van der Waals surface area contributed by atoms with Crippen LogP contribution in [-0.2, 0) is 16.3 Å². The monoisotopic (exact) mass is 284 g/mol. The summed E-state index contributed by atoms with van der Waals surface area (Å²) in [7, 11) is -2.95. The van der Waals surface area contributed by atoms with Crippen LogP contribution in [0.4, 0.5) is 0 Å². The number of aryl methyl sites for hydroxylation is 1. The van der Waals surface area contributed by atoms with Crippen molar-refractivity contribution < 1.29 is 13.5 Å². The smallest absolute Gasteiger partial charge is 0.150 e. The van der Waals surface area contributed by atoms with Crippen molar-refractivity contribution in [1.82, 2.24) is 0 Å². The molecule has 0 heterocycles. The Morgan fingerprint density at radius 2 is 1.89 bits per heavy atom. The molecular formula is C15H24O3S. The third kappa shape index (κ3) is 5.74. The van der Waals surface area contributed by atoms with E-state index in [2.05, 4.69) is 0 Å². The van der Waals surface area contributed by atoms with Gasteiger partial charge in [-0.1, -0.05) is 31.2 Å². The molecule has 3 nitrogen and oxygen atoms in total. The molecule has 0 fully saturated rings. The average Bonchev–Trinajstić information content (AvgIpc) is 2.36. The molecule has 1 atom stereocenters. The molecule has 0 saturated heterocycles. The van der Waals surface area contributed by atoms with Gasteiger partial charge < -0.3 is 5.11 Å². The highest BCUT2D eigenvalue weighted by Crippen LogP contribution is 2.16. The van der Waals surface area contributed by atoms with Crippen molar-refractivity contribution in [2.24, 2.45) is 5.92 Å². The summed E-state index contributed by atoms with van der Waals surface area (Å²) in [4.78, 5) is 0. The van der Waals surface area contributed by atoms with Gasteiger partial charge in [-0.25, -0.2) is 8.42 Å². The molecule has 19 heavy (non-hydrogen) atoms. The predicted octanol–water partition coefficient (Wildman–Crippen LogP) is 2.36. The molecule has 0 saturated carbocycles. The highest BCUT2D eigenvalue weighted by Gasteiger charge is 2.15. The summed E-state index contributed by atoms with van der Waals surface area (Å²) in [5.41, 5.74) is 2.38. The molecule has 0 radical (unpaired) electrons. The zero-order valence-corrected chi connectivity index (χ0v) is 12.6. The van der Waals surface area contributed by atoms with Crippen molar-refractivity contribution in [2.45, 2.75) is 33.1 Å². The Bertz CT molecular complexity index is 480. The molecule has 1 aromatic carbocycles. The van der Waals surface area contributed by atoms with Crippen LogP contribution in [0.25, 0.3) is 0 Å². The zero-order chi connectivity index (χ0) is 14.3. The second-order valence-corrected chi connectivity index (χ2v) is 7.42. The molecule has 1 unspecified atom stereocenters.